The van der Waals surface area contributed by atoms with Gasteiger partial charge in [-0.15, -0.1) is 0 Å². The first-order valence-electron chi connectivity index (χ1n) is 26.0. The van der Waals surface area contributed by atoms with Crippen molar-refractivity contribution in [1.29, 1.82) is 0 Å². The van der Waals surface area contributed by atoms with Gasteiger partial charge in [-0.05, 0) is 130 Å². The molecule has 0 fully saturated rings. The molecule has 61 heavy (non-hydrogen) atoms. The van der Waals surface area contributed by atoms with Crippen molar-refractivity contribution in [1.82, 2.24) is 0 Å². The van der Waals surface area contributed by atoms with Crippen molar-refractivity contribution < 1.29 is 16.4 Å². The molecule has 0 amide bonds. The van der Waals surface area contributed by atoms with Gasteiger partial charge in [0.2, 0.25) is 0 Å². The van der Waals surface area contributed by atoms with Crippen LogP contribution in [0.1, 0.15) is 16.4 Å². The van der Waals surface area contributed by atoms with E-state index in [1.807, 2.05) is 146 Å². The zero-order valence-corrected chi connectivity index (χ0v) is 32.7. The van der Waals surface area contributed by atoms with Crippen molar-refractivity contribution in [2.75, 3.05) is 4.90 Å². The lowest BCUT2D eigenvalue weighted by molar-refractivity contribution is 1.28. The van der Waals surface area contributed by atoms with Crippen molar-refractivity contribution in [2.45, 2.75) is 0 Å². The fourth-order valence-electron chi connectivity index (χ4n) is 8.05. The Morgan fingerprint density at radius 1 is 0.262 bits per heavy atom. The predicted molar refractivity (Wildman–Crippen MR) is 261 cm³/mol. The number of benzene rings is 11. The van der Waals surface area contributed by atoms with E-state index < -0.39 is 89.6 Å². The summed E-state index contributed by atoms with van der Waals surface area (Å²) in [6.07, 6.45) is 0. The summed E-state index contributed by atoms with van der Waals surface area (Å²) in [5, 5.41) is 5.45. The summed E-state index contributed by atoms with van der Waals surface area (Å²) in [7, 11) is 0. The first-order chi connectivity index (χ1) is 35.3. The van der Waals surface area contributed by atoms with Crippen molar-refractivity contribution in [3.8, 4) is 55.6 Å². The zero-order chi connectivity index (χ0) is 51.0. The molecule has 11 aromatic carbocycles. The molecule has 0 aliphatic rings. The van der Waals surface area contributed by atoms with E-state index in [9.17, 15) is 16.4 Å². The average molecular weight is 788 g/mol. The van der Waals surface area contributed by atoms with Crippen LogP contribution in [0, 0.1) is 0 Å². The van der Waals surface area contributed by atoms with Crippen LogP contribution in [0.2, 0.25) is 0 Å². The fourth-order valence-corrected chi connectivity index (χ4v) is 8.05. The fraction of sp³-hybridized carbons (Fsp3) is 0. The SMILES string of the molecule is [2H]c1c([2H])c(N(c2c([2H])c([2H])c(-c3ccc4ccccc4c3)c([2H])c2[2H])c2c([2H])c([2H])c(-c3ccc4ccccc4c3-c3ccccc3)c([2H])c2[2H])c([2H])c([2H])c1-c1ccc(-c2cccc3ccccc23)cc1. The molecule has 1 heteroatoms. The second-order valence-corrected chi connectivity index (χ2v) is 14.7. The van der Waals surface area contributed by atoms with Crippen LogP contribution in [0.4, 0.5) is 17.1 Å². The molecule has 0 bridgehead atoms. The Bertz CT molecular complexity index is 3970. The molecular formula is C60H41N. The van der Waals surface area contributed by atoms with E-state index in [0.717, 1.165) is 53.9 Å². The van der Waals surface area contributed by atoms with Crippen molar-refractivity contribution in [3.05, 3.63) is 248 Å². The number of hydrogen-bond acceptors (Lipinski definition) is 1. The number of rotatable bonds is 8. The van der Waals surface area contributed by atoms with Crippen LogP contribution in [-0.4, -0.2) is 0 Å². The molecule has 11 aromatic rings. The topological polar surface area (TPSA) is 3.24 Å². The molecule has 0 aliphatic heterocycles. The molecule has 1 nitrogen and oxygen atoms in total. The molecule has 0 atom stereocenters. The third-order valence-electron chi connectivity index (χ3n) is 11.1. The van der Waals surface area contributed by atoms with Gasteiger partial charge < -0.3 is 4.90 Å². The Morgan fingerprint density at radius 3 is 1.41 bits per heavy atom. The maximum Gasteiger partial charge on any atom is 0.0645 e. The highest BCUT2D eigenvalue weighted by molar-refractivity contribution is 6.04. The van der Waals surface area contributed by atoms with Gasteiger partial charge in [-0.25, -0.2) is 0 Å². The van der Waals surface area contributed by atoms with Crippen LogP contribution in [-0.2, 0) is 0 Å². The van der Waals surface area contributed by atoms with E-state index in [1.54, 1.807) is 30.3 Å². The van der Waals surface area contributed by atoms with E-state index in [2.05, 4.69) is 0 Å². The molecule has 11 rings (SSSR count). The molecule has 0 aromatic heterocycles. The monoisotopic (exact) mass is 787 g/mol. The summed E-state index contributed by atoms with van der Waals surface area (Å²) in [5.41, 5.74) is 2.45. The van der Waals surface area contributed by atoms with Gasteiger partial charge in [0.25, 0.3) is 0 Å². The lowest BCUT2D eigenvalue weighted by atomic mass is 9.90. The van der Waals surface area contributed by atoms with Crippen LogP contribution in [0.15, 0.2) is 248 Å². The highest BCUT2D eigenvalue weighted by Crippen LogP contribution is 2.42. The number of nitrogens with zero attached hydrogens (tertiary/aromatic N) is 1. The predicted octanol–water partition coefficient (Wildman–Crippen LogP) is 17.0. The van der Waals surface area contributed by atoms with Gasteiger partial charge in [0.15, 0.2) is 0 Å². The average Bonchev–Trinajstić information content (AvgIpc) is 3.41. The summed E-state index contributed by atoms with van der Waals surface area (Å²) in [6.45, 7) is 0. The lowest BCUT2D eigenvalue weighted by Gasteiger charge is -2.26. The number of fused-ring (bicyclic) bond motifs is 3. The van der Waals surface area contributed by atoms with Gasteiger partial charge >= 0.3 is 0 Å². The first kappa shape index (κ1) is 25.5. The largest absolute Gasteiger partial charge is 0.311 e. The Morgan fingerprint density at radius 2 is 0.738 bits per heavy atom. The Labute approximate surface area is 373 Å². The van der Waals surface area contributed by atoms with Gasteiger partial charge in [0, 0.05) is 17.1 Å². The molecule has 0 spiro atoms. The highest BCUT2D eigenvalue weighted by atomic mass is 15.1. The van der Waals surface area contributed by atoms with E-state index in [1.165, 1.54) is 0 Å². The molecule has 0 saturated heterocycles. The van der Waals surface area contributed by atoms with E-state index in [4.69, 9.17) is 0 Å². The van der Waals surface area contributed by atoms with Crippen LogP contribution in [0.3, 0.4) is 0 Å². The van der Waals surface area contributed by atoms with Crippen molar-refractivity contribution in [3.63, 3.8) is 0 Å². The minimum Gasteiger partial charge on any atom is -0.311 e. The Hall–Kier alpha value is -8.00. The number of hydrogen-bond donors (Lipinski definition) is 0. The Balaban J connectivity index is 1.15. The van der Waals surface area contributed by atoms with Gasteiger partial charge in [-0.3, -0.25) is 0 Å². The maximum absolute atomic E-state index is 9.79. The van der Waals surface area contributed by atoms with Gasteiger partial charge in [0.1, 0.15) is 0 Å². The van der Waals surface area contributed by atoms with Crippen molar-refractivity contribution in [2.24, 2.45) is 0 Å². The quantitative estimate of drug-likeness (QED) is 0.148. The third-order valence-corrected chi connectivity index (χ3v) is 11.1. The van der Waals surface area contributed by atoms with Gasteiger partial charge in [-0.1, -0.05) is 206 Å². The summed E-state index contributed by atoms with van der Waals surface area (Å²) in [6, 6.07) is 47.3. The van der Waals surface area contributed by atoms with E-state index >= 15 is 0 Å². The minimum absolute atomic E-state index is 0.0500. The molecule has 0 heterocycles. The lowest BCUT2D eigenvalue weighted by Crippen LogP contribution is -2.09. The summed E-state index contributed by atoms with van der Waals surface area (Å²) in [5.74, 6) is 0. The van der Waals surface area contributed by atoms with Gasteiger partial charge in [0.05, 0.1) is 16.4 Å². The summed E-state index contributed by atoms with van der Waals surface area (Å²) >= 11 is 0. The molecule has 0 saturated carbocycles. The highest BCUT2D eigenvalue weighted by Gasteiger charge is 2.16. The van der Waals surface area contributed by atoms with Crippen LogP contribution in [0.25, 0.3) is 88.0 Å². The Kier molecular flexibility index (Phi) is 6.53. The molecule has 0 radical (unpaired) electrons. The maximum atomic E-state index is 9.79. The standard InChI is InChI=1S/C60H41N/c1-2-14-50(15-3-1)60-58-19-9-7-13-47(58)33-40-59(60)49-31-38-55(39-32-49)61(54-36-29-45(30-37-54)52-26-23-42-11-4-5-16-51(42)41-52)53-34-27-44(28-35-53)43-21-24-48(25-22-43)57-20-10-17-46-12-6-8-18-56(46)57/h1-41H/i27D,28D,29D,30D,31D,32D,34D,35D,36D,37D,38D,39D. The second-order valence-electron chi connectivity index (χ2n) is 14.7. The van der Waals surface area contributed by atoms with E-state index in [-0.39, 0.29) is 16.7 Å². The van der Waals surface area contributed by atoms with Crippen LogP contribution < -0.4 is 4.90 Å². The molecule has 0 N–H and O–H groups in total. The summed E-state index contributed by atoms with van der Waals surface area (Å²) < 4.78 is 116. The normalized spacial score (nSPS) is 14.0. The smallest absolute Gasteiger partial charge is 0.0645 e. The minimum atomic E-state index is -0.677. The zero-order valence-electron chi connectivity index (χ0n) is 44.7. The van der Waals surface area contributed by atoms with Crippen LogP contribution >= 0.6 is 0 Å². The molecule has 286 valence electrons. The first-order valence-corrected chi connectivity index (χ1v) is 20.0. The van der Waals surface area contributed by atoms with Crippen molar-refractivity contribution >= 4 is 49.4 Å². The number of anilines is 3. The molecule has 0 aliphatic carbocycles. The second kappa shape index (κ2) is 15.6. The molecule has 0 unspecified atom stereocenters. The van der Waals surface area contributed by atoms with E-state index in [0.29, 0.717) is 22.3 Å². The van der Waals surface area contributed by atoms with Crippen LogP contribution in [0.5, 0.6) is 0 Å². The summed E-state index contributed by atoms with van der Waals surface area (Å²) in [4.78, 5) is 0.863. The van der Waals surface area contributed by atoms with Gasteiger partial charge in [-0.2, -0.15) is 0 Å². The third kappa shape index (κ3) is 6.93. The molecular weight excluding hydrogens is 735 g/mol.